The van der Waals surface area contributed by atoms with Crippen LogP contribution in [0.3, 0.4) is 0 Å². The Kier molecular flexibility index (Phi) is 6.39. The molecule has 0 saturated carbocycles. The molecule has 19 heavy (non-hydrogen) atoms. The minimum absolute atomic E-state index is 0.0849. The van der Waals surface area contributed by atoms with Crippen LogP contribution in [0.5, 0.6) is 0 Å². The summed E-state index contributed by atoms with van der Waals surface area (Å²) >= 11 is 4.94. The zero-order valence-corrected chi connectivity index (χ0v) is 11.5. The lowest BCUT2D eigenvalue weighted by atomic mass is 10.0. The average Bonchev–Trinajstić information content (AvgIpc) is 2.82. The maximum atomic E-state index is 10.8. The molecule has 4 nitrogen and oxygen atoms in total. The summed E-state index contributed by atoms with van der Waals surface area (Å²) in [5.74, 6) is -0.746. The highest BCUT2D eigenvalue weighted by atomic mass is 35.5. The summed E-state index contributed by atoms with van der Waals surface area (Å²) in [6.45, 7) is 1.81. The van der Waals surface area contributed by atoms with E-state index in [1.54, 1.807) is 6.92 Å². The molecular weight excluding hydrogens is 266 g/mol. The van der Waals surface area contributed by atoms with Gasteiger partial charge in [0.2, 0.25) is 0 Å². The molecule has 0 radical (unpaired) electrons. The Balaban J connectivity index is 0.000000399. The third kappa shape index (κ3) is 4.58. The van der Waals surface area contributed by atoms with Crippen molar-refractivity contribution < 1.29 is 15.0 Å². The van der Waals surface area contributed by atoms with Crippen LogP contribution in [0.25, 0.3) is 10.9 Å². The zero-order valence-electron chi connectivity index (χ0n) is 10.8. The van der Waals surface area contributed by atoms with Crippen molar-refractivity contribution in [2.75, 3.05) is 12.5 Å². The fourth-order valence-corrected chi connectivity index (χ4v) is 1.72. The maximum Gasteiger partial charge on any atom is 0.306 e. The molecule has 3 N–H and O–H groups in total. The molecule has 1 aromatic carbocycles. The van der Waals surface area contributed by atoms with E-state index < -0.39 is 5.97 Å². The van der Waals surface area contributed by atoms with Crippen LogP contribution in [-0.4, -0.2) is 33.7 Å². The quantitative estimate of drug-likeness (QED) is 0.755. The number of carboxylic acids is 1. The molecule has 5 heteroatoms. The summed E-state index contributed by atoms with van der Waals surface area (Å²) in [6, 6.07) is 7.92. The van der Waals surface area contributed by atoms with Gasteiger partial charge in [0, 0.05) is 23.0 Å². The summed E-state index contributed by atoms with van der Waals surface area (Å²) < 4.78 is 0. The smallest absolute Gasteiger partial charge is 0.306 e. The number of aliphatic hydroxyl groups excluding tert-OH is 1. The van der Waals surface area contributed by atoms with Crippen molar-refractivity contribution in [1.29, 1.82) is 0 Å². The molecule has 1 aromatic heterocycles. The summed E-state index contributed by atoms with van der Waals surface area (Å²) in [6.07, 6.45) is 2.46. The largest absolute Gasteiger partial charge is 0.481 e. The lowest BCUT2D eigenvalue weighted by Gasteiger charge is -2.04. The number of para-hydroxylation sites is 1. The predicted octanol–water partition coefficient (Wildman–Crippen LogP) is 2.65. The Morgan fingerprint density at radius 1 is 1.42 bits per heavy atom. The SMILES string of the molecule is CC(Cc1c[nH]c2ccccc12)C(=O)O.OCCCl. The standard InChI is InChI=1S/C12H13NO2.C2H5ClO/c1-8(12(14)15)6-9-7-13-11-5-3-2-4-10(9)11;3-1-2-4/h2-5,7-8,13H,6H2,1H3,(H,14,15);4H,1-2H2. The molecule has 0 saturated heterocycles. The van der Waals surface area contributed by atoms with Gasteiger partial charge in [0.25, 0.3) is 0 Å². The maximum absolute atomic E-state index is 10.8. The summed E-state index contributed by atoms with van der Waals surface area (Å²) in [5, 5.41) is 17.7. The number of rotatable bonds is 4. The van der Waals surface area contributed by atoms with E-state index >= 15 is 0 Å². The van der Waals surface area contributed by atoms with E-state index in [-0.39, 0.29) is 12.5 Å². The van der Waals surface area contributed by atoms with E-state index in [2.05, 4.69) is 4.98 Å². The van der Waals surface area contributed by atoms with Crippen molar-refractivity contribution in [3.05, 3.63) is 36.0 Å². The van der Waals surface area contributed by atoms with Gasteiger partial charge in [-0.1, -0.05) is 25.1 Å². The first-order valence-electron chi connectivity index (χ1n) is 6.04. The van der Waals surface area contributed by atoms with Crippen molar-refractivity contribution in [2.24, 2.45) is 5.92 Å². The Morgan fingerprint density at radius 3 is 2.63 bits per heavy atom. The normalized spacial score (nSPS) is 11.7. The molecule has 0 aliphatic rings. The van der Waals surface area contributed by atoms with Crippen molar-refractivity contribution in [1.82, 2.24) is 4.98 Å². The van der Waals surface area contributed by atoms with Crippen LogP contribution in [0.1, 0.15) is 12.5 Å². The third-order valence-corrected chi connectivity index (χ3v) is 2.88. The number of hydrogen-bond acceptors (Lipinski definition) is 2. The molecule has 0 amide bonds. The van der Waals surface area contributed by atoms with Crippen molar-refractivity contribution in [2.45, 2.75) is 13.3 Å². The van der Waals surface area contributed by atoms with Crippen molar-refractivity contribution in [3.63, 3.8) is 0 Å². The highest BCUT2D eigenvalue weighted by molar-refractivity contribution is 6.17. The van der Waals surface area contributed by atoms with Gasteiger partial charge in [0.15, 0.2) is 0 Å². The first-order chi connectivity index (χ1) is 9.10. The molecule has 0 spiro atoms. The number of carbonyl (C=O) groups is 1. The van der Waals surface area contributed by atoms with E-state index in [9.17, 15) is 4.79 Å². The van der Waals surface area contributed by atoms with Gasteiger partial charge in [0.1, 0.15) is 0 Å². The molecule has 1 unspecified atom stereocenters. The van der Waals surface area contributed by atoms with Crippen LogP contribution < -0.4 is 0 Å². The van der Waals surface area contributed by atoms with Gasteiger partial charge >= 0.3 is 5.97 Å². The first kappa shape index (κ1) is 15.5. The Labute approximate surface area is 117 Å². The van der Waals surface area contributed by atoms with Gasteiger partial charge < -0.3 is 15.2 Å². The topological polar surface area (TPSA) is 73.3 Å². The lowest BCUT2D eigenvalue weighted by Crippen LogP contribution is -2.11. The van der Waals surface area contributed by atoms with Gasteiger partial charge in [-0.3, -0.25) is 4.79 Å². The number of aliphatic hydroxyl groups is 1. The number of aromatic amines is 1. The number of benzene rings is 1. The van der Waals surface area contributed by atoms with Crippen LogP contribution in [0, 0.1) is 5.92 Å². The van der Waals surface area contributed by atoms with Crippen LogP contribution in [0.4, 0.5) is 0 Å². The molecule has 0 bridgehead atoms. The molecule has 1 atom stereocenters. The number of H-pyrrole nitrogens is 1. The Morgan fingerprint density at radius 2 is 2.05 bits per heavy atom. The number of nitrogens with one attached hydrogen (secondary N) is 1. The van der Waals surface area contributed by atoms with Gasteiger partial charge in [-0.15, -0.1) is 11.6 Å². The van der Waals surface area contributed by atoms with Crippen LogP contribution in [0.15, 0.2) is 30.5 Å². The number of aromatic nitrogens is 1. The van der Waals surface area contributed by atoms with E-state index in [4.69, 9.17) is 21.8 Å². The van der Waals surface area contributed by atoms with Gasteiger partial charge in [-0.2, -0.15) is 0 Å². The van der Waals surface area contributed by atoms with Gasteiger partial charge in [-0.05, 0) is 18.1 Å². The van der Waals surface area contributed by atoms with Crippen LogP contribution >= 0.6 is 11.6 Å². The third-order valence-electron chi connectivity index (χ3n) is 2.71. The molecular formula is C14H18ClNO3. The lowest BCUT2D eigenvalue weighted by molar-refractivity contribution is -0.141. The zero-order chi connectivity index (χ0) is 14.3. The van der Waals surface area contributed by atoms with Crippen molar-refractivity contribution >= 4 is 28.5 Å². The average molecular weight is 284 g/mol. The predicted molar refractivity (Wildman–Crippen MR) is 76.6 cm³/mol. The monoisotopic (exact) mass is 283 g/mol. The second kappa shape index (κ2) is 7.81. The second-order valence-electron chi connectivity index (χ2n) is 4.22. The number of aliphatic carboxylic acids is 1. The van der Waals surface area contributed by atoms with E-state index in [0.717, 1.165) is 16.5 Å². The molecule has 0 aliphatic heterocycles. The van der Waals surface area contributed by atoms with E-state index in [0.29, 0.717) is 12.3 Å². The van der Waals surface area contributed by atoms with Gasteiger partial charge in [-0.25, -0.2) is 0 Å². The Hall–Kier alpha value is -1.52. The number of fused-ring (bicyclic) bond motifs is 1. The number of carboxylic acid groups (broad SMARTS) is 1. The molecule has 0 aliphatic carbocycles. The molecule has 0 fully saturated rings. The van der Waals surface area contributed by atoms with Crippen LogP contribution in [0.2, 0.25) is 0 Å². The van der Waals surface area contributed by atoms with E-state index in [1.165, 1.54) is 0 Å². The first-order valence-corrected chi connectivity index (χ1v) is 6.58. The minimum atomic E-state index is -0.750. The van der Waals surface area contributed by atoms with E-state index in [1.807, 2.05) is 30.5 Å². The highest BCUT2D eigenvalue weighted by Crippen LogP contribution is 2.20. The summed E-state index contributed by atoms with van der Waals surface area (Å²) in [7, 11) is 0. The molecule has 2 aromatic rings. The molecule has 2 rings (SSSR count). The highest BCUT2D eigenvalue weighted by Gasteiger charge is 2.13. The molecule has 104 valence electrons. The number of halogens is 1. The van der Waals surface area contributed by atoms with Gasteiger partial charge in [0.05, 0.1) is 12.5 Å². The summed E-state index contributed by atoms with van der Waals surface area (Å²) in [4.78, 5) is 13.9. The van der Waals surface area contributed by atoms with Crippen LogP contribution in [-0.2, 0) is 11.2 Å². The van der Waals surface area contributed by atoms with Crippen molar-refractivity contribution in [3.8, 4) is 0 Å². The fraction of sp³-hybridized carbons (Fsp3) is 0.357. The summed E-state index contributed by atoms with van der Waals surface area (Å²) in [5.41, 5.74) is 2.13. The molecule has 1 heterocycles. The fourth-order valence-electron chi connectivity index (χ4n) is 1.72. The number of alkyl halides is 1. The minimum Gasteiger partial charge on any atom is -0.481 e. The number of hydrogen-bond donors (Lipinski definition) is 3. The Bertz CT molecular complexity index is 522. The second-order valence-corrected chi connectivity index (χ2v) is 4.59.